The van der Waals surface area contributed by atoms with Gasteiger partial charge in [-0.05, 0) is 24.8 Å². The molecule has 0 N–H and O–H groups in total. The van der Waals surface area contributed by atoms with Gasteiger partial charge < -0.3 is 14.2 Å². The minimum atomic E-state index is -0.412. The topological polar surface area (TPSA) is 44.8 Å². The average Bonchev–Trinajstić information content (AvgIpc) is 2.45. The number of carbonyl (C=O) groups is 1. The molecule has 0 aliphatic rings. The van der Waals surface area contributed by atoms with Crippen molar-refractivity contribution in [3.63, 3.8) is 0 Å². The summed E-state index contributed by atoms with van der Waals surface area (Å²) in [5, 5.41) is 0.334. The van der Waals surface area contributed by atoms with Crippen molar-refractivity contribution in [1.82, 2.24) is 0 Å². The van der Waals surface area contributed by atoms with Crippen LogP contribution in [0.4, 0.5) is 0 Å². The Morgan fingerprint density at radius 1 is 1.35 bits per heavy atom. The van der Waals surface area contributed by atoms with Crippen molar-refractivity contribution in [3.05, 3.63) is 22.7 Å². The lowest BCUT2D eigenvalue weighted by molar-refractivity contribution is 0.0530. The lowest BCUT2D eigenvalue weighted by Crippen LogP contribution is -2.09. The summed E-state index contributed by atoms with van der Waals surface area (Å²) < 4.78 is 15.8. The monoisotopic (exact) mass is 318 g/mol. The van der Waals surface area contributed by atoms with Gasteiger partial charge in [0.25, 0.3) is 0 Å². The Kier molecular flexibility index (Phi) is 7.62. The Bertz CT molecular complexity index is 451. The first kappa shape index (κ1) is 17.0. The number of esters is 1. The molecule has 0 saturated heterocycles. The van der Waals surface area contributed by atoms with E-state index in [-0.39, 0.29) is 0 Å². The maximum Gasteiger partial charge on any atom is 0.338 e. The minimum absolute atomic E-state index is 0.334. The van der Waals surface area contributed by atoms with Crippen LogP contribution in [0.2, 0.25) is 5.02 Å². The second-order valence-corrected chi connectivity index (χ2v) is 5.56. The molecule has 0 radical (unpaired) electrons. The van der Waals surface area contributed by atoms with E-state index < -0.39 is 5.97 Å². The molecule has 0 aliphatic carbocycles. The largest absolute Gasteiger partial charge is 0.493 e. The van der Waals surface area contributed by atoms with Gasteiger partial charge in [0.1, 0.15) is 6.61 Å². The van der Waals surface area contributed by atoms with Crippen molar-refractivity contribution in [2.45, 2.75) is 13.8 Å². The lowest BCUT2D eigenvalue weighted by Gasteiger charge is -2.12. The Morgan fingerprint density at radius 3 is 2.70 bits per heavy atom. The molecule has 112 valence electrons. The summed E-state index contributed by atoms with van der Waals surface area (Å²) in [7, 11) is 1.50. The first-order chi connectivity index (χ1) is 9.63. The third-order valence-corrected chi connectivity index (χ3v) is 3.56. The third kappa shape index (κ3) is 4.80. The quantitative estimate of drug-likeness (QED) is 0.540. The van der Waals surface area contributed by atoms with Crippen LogP contribution in [0.5, 0.6) is 11.5 Å². The van der Waals surface area contributed by atoms with Crippen LogP contribution in [-0.2, 0) is 4.74 Å². The number of ether oxygens (including phenoxy) is 3. The Morgan fingerprint density at radius 2 is 2.10 bits per heavy atom. The van der Waals surface area contributed by atoms with Crippen LogP contribution in [0.1, 0.15) is 24.2 Å². The van der Waals surface area contributed by atoms with Gasteiger partial charge in [0.05, 0.1) is 24.3 Å². The summed E-state index contributed by atoms with van der Waals surface area (Å²) in [5.74, 6) is 2.23. The highest BCUT2D eigenvalue weighted by molar-refractivity contribution is 7.99. The van der Waals surface area contributed by atoms with Crippen LogP contribution < -0.4 is 9.47 Å². The van der Waals surface area contributed by atoms with E-state index in [4.69, 9.17) is 25.8 Å². The molecule has 1 aromatic rings. The lowest BCUT2D eigenvalue weighted by atomic mass is 10.2. The second kappa shape index (κ2) is 8.97. The molecule has 1 rings (SSSR count). The van der Waals surface area contributed by atoms with Crippen molar-refractivity contribution < 1.29 is 19.0 Å². The standard InChI is InChI=1S/C14H19ClO4S/c1-4-18-13-11(15)8-10(9-12(13)17-3)14(16)19-6-7-20-5-2/h8-9H,4-7H2,1-3H3. The predicted octanol–water partition coefficient (Wildman–Crippen LogP) is 3.66. The van der Waals surface area contributed by atoms with Crippen LogP contribution in [0, 0.1) is 0 Å². The van der Waals surface area contributed by atoms with E-state index in [0.29, 0.717) is 35.3 Å². The molecule has 6 heteroatoms. The summed E-state index contributed by atoms with van der Waals surface area (Å²) in [6, 6.07) is 3.11. The Hall–Kier alpha value is -1.07. The number of hydrogen-bond acceptors (Lipinski definition) is 5. The molecule has 0 atom stereocenters. The Balaban J connectivity index is 2.80. The highest BCUT2D eigenvalue weighted by atomic mass is 35.5. The zero-order chi connectivity index (χ0) is 15.0. The molecule has 0 spiro atoms. The number of hydrogen-bond donors (Lipinski definition) is 0. The smallest absolute Gasteiger partial charge is 0.338 e. The molecule has 20 heavy (non-hydrogen) atoms. The number of methoxy groups -OCH3 is 1. The van der Waals surface area contributed by atoms with Crippen molar-refractivity contribution in [2.75, 3.05) is 31.8 Å². The van der Waals surface area contributed by atoms with E-state index in [2.05, 4.69) is 6.92 Å². The zero-order valence-electron chi connectivity index (χ0n) is 11.9. The fourth-order valence-electron chi connectivity index (χ4n) is 1.54. The third-order valence-electron chi connectivity index (χ3n) is 2.42. The molecule has 0 heterocycles. The van der Waals surface area contributed by atoms with Crippen LogP contribution in [-0.4, -0.2) is 37.8 Å². The number of halogens is 1. The van der Waals surface area contributed by atoms with Gasteiger partial charge in [-0.2, -0.15) is 11.8 Å². The summed E-state index contributed by atoms with van der Waals surface area (Å²) in [6.07, 6.45) is 0. The van der Waals surface area contributed by atoms with Gasteiger partial charge in [-0.25, -0.2) is 4.79 Å². The summed E-state index contributed by atoms with van der Waals surface area (Å²) >= 11 is 7.82. The number of carbonyl (C=O) groups excluding carboxylic acids is 1. The first-order valence-electron chi connectivity index (χ1n) is 6.39. The molecule has 0 aliphatic heterocycles. The number of benzene rings is 1. The molecular formula is C14H19ClO4S. The molecule has 0 aromatic heterocycles. The van der Waals surface area contributed by atoms with Crippen LogP contribution in [0.25, 0.3) is 0 Å². The summed E-state index contributed by atoms with van der Waals surface area (Å²) in [4.78, 5) is 11.9. The van der Waals surface area contributed by atoms with Gasteiger partial charge in [-0.15, -0.1) is 0 Å². The fraction of sp³-hybridized carbons (Fsp3) is 0.500. The predicted molar refractivity (Wildman–Crippen MR) is 82.5 cm³/mol. The second-order valence-electron chi connectivity index (χ2n) is 3.76. The van der Waals surface area contributed by atoms with E-state index in [0.717, 1.165) is 11.5 Å². The zero-order valence-corrected chi connectivity index (χ0v) is 13.5. The molecular weight excluding hydrogens is 300 g/mol. The SMILES string of the molecule is CCOc1c(Cl)cc(C(=O)OCCSCC)cc1OC. The number of thioether (sulfide) groups is 1. The first-order valence-corrected chi connectivity index (χ1v) is 7.92. The molecule has 0 bridgehead atoms. The van der Waals surface area contributed by atoms with Crippen molar-refractivity contribution >= 4 is 29.3 Å². The molecule has 0 unspecified atom stereocenters. The van der Waals surface area contributed by atoms with Crippen LogP contribution in [0.3, 0.4) is 0 Å². The van der Waals surface area contributed by atoms with Crippen molar-refractivity contribution in [3.8, 4) is 11.5 Å². The average molecular weight is 319 g/mol. The van der Waals surface area contributed by atoms with Crippen LogP contribution >= 0.6 is 23.4 Å². The van der Waals surface area contributed by atoms with Crippen molar-refractivity contribution in [1.29, 1.82) is 0 Å². The van der Waals surface area contributed by atoms with Gasteiger partial charge in [0.2, 0.25) is 0 Å². The fourth-order valence-corrected chi connectivity index (χ4v) is 2.30. The minimum Gasteiger partial charge on any atom is -0.493 e. The van der Waals surface area contributed by atoms with Gasteiger partial charge in [0, 0.05) is 5.75 Å². The maximum atomic E-state index is 11.9. The van der Waals surface area contributed by atoms with Gasteiger partial charge in [-0.1, -0.05) is 18.5 Å². The maximum absolute atomic E-state index is 11.9. The van der Waals surface area contributed by atoms with E-state index in [1.54, 1.807) is 17.8 Å². The highest BCUT2D eigenvalue weighted by Crippen LogP contribution is 2.36. The molecule has 0 amide bonds. The van der Waals surface area contributed by atoms with E-state index in [1.165, 1.54) is 13.2 Å². The molecule has 4 nitrogen and oxygen atoms in total. The summed E-state index contributed by atoms with van der Waals surface area (Å²) in [5.41, 5.74) is 0.358. The van der Waals surface area contributed by atoms with Gasteiger partial charge in [-0.3, -0.25) is 0 Å². The molecule has 1 aromatic carbocycles. The normalized spacial score (nSPS) is 10.2. The summed E-state index contributed by atoms with van der Waals surface area (Å²) in [6.45, 7) is 4.76. The van der Waals surface area contributed by atoms with Gasteiger partial charge in [0.15, 0.2) is 11.5 Å². The van der Waals surface area contributed by atoms with Gasteiger partial charge >= 0.3 is 5.97 Å². The molecule has 0 saturated carbocycles. The highest BCUT2D eigenvalue weighted by Gasteiger charge is 2.16. The van der Waals surface area contributed by atoms with E-state index in [9.17, 15) is 4.79 Å². The Labute approximate surface area is 128 Å². The van der Waals surface area contributed by atoms with Crippen molar-refractivity contribution in [2.24, 2.45) is 0 Å². The van der Waals surface area contributed by atoms with E-state index in [1.807, 2.05) is 6.92 Å². The van der Waals surface area contributed by atoms with Crippen LogP contribution in [0.15, 0.2) is 12.1 Å². The molecule has 0 fully saturated rings. The van der Waals surface area contributed by atoms with E-state index >= 15 is 0 Å². The number of rotatable bonds is 8.